The lowest BCUT2D eigenvalue weighted by molar-refractivity contribution is -0.127. The second-order valence-electron chi connectivity index (χ2n) is 11.5. The molecule has 15 heteroatoms. The molecule has 1 atom stereocenters. The van der Waals surface area contributed by atoms with Crippen molar-refractivity contribution in [2.75, 3.05) is 43.5 Å². The Hall–Kier alpha value is -3.62. The van der Waals surface area contributed by atoms with Crippen LogP contribution in [0.1, 0.15) is 32.0 Å². The zero-order valence-corrected chi connectivity index (χ0v) is 24.4. The number of aromatic nitrogens is 6. The Balaban J connectivity index is 0.000000185. The molecule has 0 radical (unpaired) electrons. The van der Waals surface area contributed by atoms with E-state index in [0.717, 1.165) is 37.9 Å². The summed E-state index contributed by atoms with van der Waals surface area (Å²) in [4.78, 5) is 14.9. The van der Waals surface area contributed by atoms with Crippen molar-refractivity contribution in [1.29, 1.82) is 0 Å². The van der Waals surface area contributed by atoms with E-state index in [9.17, 15) is 13.9 Å². The summed E-state index contributed by atoms with van der Waals surface area (Å²) in [7, 11) is 0. The number of aliphatic hydroxyl groups excluding tert-OH is 1. The number of rotatable bonds is 6. The summed E-state index contributed by atoms with van der Waals surface area (Å²) >= 11 is 6.23. The maximum Gasteiger partial charge on any atom is 0.272 e. The molecule has 2 fully saturated rings. The first-order valence-corrected chi connectivity index (χ1v) is 14.4. The average molecular weight is 621 g/mol. The van der Waals surface area contributed by atoms with E-state index in [1.54, 1.807) is 10.7 Å². The van der Waals surface area contributed by atoms with Crippen LogP contribution >= 0.6 is 11.6 Å². The minimum absolute atomic E-state index is 0.0894. The summed E-state index contributed by atoms with van der Waals surface area (Å²) in [5.41, 5.74) is 8.87. The van der Waals surface area contributed by atoms with Crippen molar-refractivity contribution in [1.82, 2.24) is 29.3 Å². The number of hydrogen-bond donors (Lipinski definition) is 2. The highest BCUT2D eigenvalue weighted by Gasteiger charge is 2.50. The van der Waals surface area contributed by atoms with Gasteiger partial charge in [0.25, 0.3) is 6.43 Å². The second-order valence-corrected chi connectivity index (χ2v) is 11.9. The molecule has 4 aromatic rings. The van der Waals surface area contributed by atoms with Gasteiger partial charge in [0.1, 0.15) is 5.52 Å². The Morgan fingerprint density at radius 1 is 1.21 bits per heavy atom. The van der Waals surface area contributed by atoms with Gasteiger partial charge >= 0.3 is 0 Å². The van der Waals surface area contributed by atoms with Gasteiger partial charge in [-0.2, -0.15) is 0 Å². The monoisotopic (exact) mass is 620 g/mol. The van der Waals surface area contributed by atoms with Crippen molar-refractivity contribution in [2.45, 2.75) is 51.8 Å². The van der Waals surface area contributed by atoms with Crippen LogP contribution in [0, 0.1) is 11.2 Å². The topological polar surface area (TPSA) is 129 Å². The van der Waals surface area contributed by atoms with Crippen LogP contribution < -0.4 is 15.4 Å². The molecule has 11 nitrogen and oxygen atoms in total. The van der Waals surface area contributed by atoms with Crippen LogP contribution in [0.4, 0.5) is 25.1 Å². The van der Waals surface area contributed by atoms with Gasteiger partial charge in [-0.3, -0.25) is 4.68 Å². The van der Waals surface area contributed by atoms with Crippen molar-refractivity contribution >= 4 is 34.5 Å². The number of alkyl halides is 2. The third kappa shape index (κ3) is 5.83. The lowest BCUT2D eigenvalue weighted by Crippen LogP contribution is -2.66. The SMILES string of the molecule is CC(C)n1c(N2CC3(COC3)C2)nc2c(F)cc(-c3nc(N)ncc3Cl)cc21.OC1CCc2cc(OCC(F)F)nn2C1. The summed E-state index contributed by atoms with van der Waals surface area (Å²) in [6.45, 7) is 7.23. The van der Waals surface area contributed by atoms with Crippen molar-refractivity contribution in [3.8, 4) is 17.1 Å². The van der Waals surface area contributed by atoms with Crippen LogP contribution in [0.2, 0.25) is 5.02 Å². The first-order chi connectivity index (χ1) is 20.5. The molecule has 1 spiro atoms. The number of benzene rings is 1. The van der Waals surface area contributed by atoms with Crippen LogP contribution in [0.25, 0.3) is 22.3 Å². The molecule has 0 aliphatic carbocycles. The maximum atomic E-state index is 15.0. The van der Waals surface area contributed by atoms with E-state index < -0.39 is 25.0 Å². The van der Waals surface area contributed by atoms with Gasteiger partial charge in [0.05, 0.1) is 53.7 Å². The molecule has 7 rings (SSSR count). The summed E-state index contributed by atoms with van der Waals surface area (Å²) in [5.74, 6) is 0.668. The first kappa shape index (κ1) is 29.5. The predicted octanol–water partition coefficient (Wildman–Crippen LogP) is 4.12. The Bertz CT molecular complexity index is 1630. The normalized spacial score (nSPS) is 18.8. The van der Waals surface area contributed by atoms with Gasteiger partial charge in [-0.25, -0.2) is 28.1 Å². The number of aliphatic hydroxyl groups is 1. The highest BCUT2D eigenvalue weighted by molar-refractivity contribution is 6.33. The molecule has 43 heavy (non-hydrogen) atoms. The van der Waals surface area contributed by atoms with E-state index >= 15 is 4.39 Å². The number of nitrogens with two attached hydrogens (primary N) is 1. The van der Waals surface area contributed by atoms with Gasteiger partial charge in [0, 0.05) is 36.5 Å². The molecule has 0 bridgehead atoms. The van der Waals surface area contributed by atoms with Crippen molar-refractivity contribution in [2.24, 2.45) is 5.41 Å². The minimum atomic E-state index is -2.49. The minimum Gasteiger partial charge on any atom is -0.471 e. The zero-order valence-electron chi connectivity index (χ0n) is 23.7. The average Bonchev–Trinajstić information content (AvgIpc) is 3.49. The third-order valence-corrected chi connectivity index (χ3v) is 8.03. The summed E-state index contributed by atoms with van der Waals surface area (Å²) in [6, 6.07) is 5.02. The third-order valence-electron chi connectivity index (χ3n) is 7.75. The Morgan fingerprint density at radius 3 is 2.65 bits per heavy atom. The van der Waals surface area contributed by atoms with Crippen molar-refractivity contribution in [3.05, 3.63) is 40.9 Å². The lowest BCUT2D eigenvalue weighted by atomic mass is 9.78. The quantitative estimate of drug-likeness (QED) is 0.327. The van der Waals surface area contributed by atoms with E-state index in [4.69, 9.17) is 26.8 Å². The number of ether oxygens (including phenoxy) is 2. The van der Waals surface area contributed by atoms with Gasteiger partial charge in [-0.05, 0) is 38.8 Å². The fourth-order valence-corrected chi connectivity index (χ4v) is 5.88. The largest absolute Gasteiger partial charge is 0.471 e. The number of nitrogens with zero attached hydrogens (tertiary/aromatic N) is 7. The molecule has 230 valence electrons. The summed E-state index contributed by atoms with van der Waals surface area (Å²) < 4.78 is 52.6. The molecule has 3 aliphatic rings. The molecule has 6 heterocycles. The second kappa shape index (κ2) is 11.5. The van der Waals surface area contributed by atoms with Gasteiger partial charge in [-0.1, -0.05) is 11.6 Å². The van der Waals surface area contributed by atoms with Crippen LogP contribution in [0.15, 0.2) is 24.4 Å². The van der Waals surface area contributed by atoms with Crippen LogP contribution in [0.5, 0.6) is 5.88 Å². The number of hydrogen-bond acceptors (Lipinski definition) is 9. The van der Waals surface area contributed by atoms with Gasteiger partial charge < -0.3 is 29.8 Å². The molecule has 3 aromatic heterocycles. The molecule has 1 aromatic carbocycles. The van der Waals surface area contributed by atoms with Gasteiger partial charge in [0.2, 0.25) is 17.8 Å². The van der Waals surface area contributed by atoms with Crippen molar-refractivity contribution < 1.29 is 27.8 Å². The highest BCUT2D eigenvalue weighted by Crippen LogP contribution is 2.42. The molecule has 3 aliphatic heterocycles. The number of imidazole rings is 1. The Morgan fingerprint density at radius 2 is 1.98 bits per heavy atom. The summed E-state index contributed by atoms with van der Waals surface area (Å²) in [6.07, 6.45) is -0.0894. The van der Waals surface area contributed by atoms with E-state index in [-0.39, 0.29) is 23.3 Å². The van der Waals surface area contributed by atoms with Crippen LogP contribution in [-0.4, -0.2) is 79.8 Å². The van der Waals surface area contributed by atoms with E-state index in [1.165, 1.54) is 12.3 Å². The predicted molar refractivity (Wildman–Crippen MR) is 154 cm³/mol. The standard InChI is InChI=1S/C19H20ClFN6O.C9H12F2N2O2/c1-10(2)27-14-4-11(15-12(20)5-23-17(22)24-15)3-13(21)16(14)25-18(27)26-6-19(7-26)8-28-9-19;10-8(11)5-15-9-3-6-1-2-7(14)4-13(6)12-9/h3-5,10H,6-9H2,1-2H3,(H2,22,23,24);3,7-8,14H,1-2,4-5H2. The van der Waals surface area contributed by atoms with Gasteiger partial charge in [-0.15, -0.1) is 5.10 Å². The number of nitrogen functional groups attached to an aromatic ring is 1. The lowest BCUT2D eigenvalue weighted by Gasteiger charge is -2.55. The van der Waals surface area contributed by atoms with Crippen LogP contribution in [0.3, 0.4) is 0 Å². The molecule has 2 saturated heterocycles. The Kier molecular flexibility index (Phi) is 7.86. The zero-order chi connectivity index (χ0) is 30.5. The molecule has 0 saturated carbocycles. The smallest absolute Gasteiger partial charge is 0.272 e. The van der Waals surface area contributed by atoms with E-state index in [1.807, 2.05) is 6.07 Å². The number of fused-ring (bicyclic) bond motifs is 2. The fourth-order valence-electron chi connectivity index (χ4n) is 5.68. The van der Waals surface area contributed by atoms with E-state index in [0.29, 0.717) is 46.7 Å². The summed E-state index contributed by atoms with van der Waals surface area (Å²) in [5, 5.41) is 13.7. The highest BCUT2D eigenvalue weighted by atomic mass is 35.5. The molecule has 1 unspecified atom stereocenters. The fraction of sp³-hybridized carbons (Fsp3) is 0.500. The maximum absolute atomic E-state index is 15.0. The number of anilines is 2. The molecular formula is C28H32ClF3N8O3. The number of halogens is 4. The molecule has 0 amide bonds. The number of aryl methyl sites for hydroxylation is 1. The van der Waals surface area contributed by atoms with Crippen molar-refractivity contribution in [3.63, 3.8) is 0 Å². The van der Waals surface area contributed by atoms with E-state index in [2.05, 4.69) is 43.4 Å². The molecular weight excluding hydrogens is 589 g/mol. The first-order valence-electron chi connectivity index (χ1n) is 14.0. The van der Waals surface area contributed by atoms with Gasteiger partial charge in [0.15, 0.2) is 12.4 Å². The Labute approximate surface area is 250 Å². The van der Waals surface area contributed by atoms with Crippen LogP contribution in [-0.2, 0) is 17.7 Å². The molecule has 3 N–H and O–H groups in total.